The number of nitrogens with one attached hydrogen (secondary N) is 2. The maximum absolute atomic E-state index is 5.60. The molecule has 3 heteroatoms. The van der Waals surface area contributed by atoms with Crippen LogP contribution in [0, 0.1) is 17.8 Å². The van der Waals surface area contributed by atoms with E-state index < -0.39 is 0 Å². The number of hydrogen-bond donors (Lipinski definition) is 2. The van der Waals surface area contributed by atoms with Crippen LogP contribution in [-0.2, 0) is 4.74 Å². The molecule has 0 aromatic rings. The zero-order chi connectivity index (χ0) is 11.7. The predicted molar refractivity (Wildman–Crippen MR) is 69.0 cm³/mol. The molecule has 0 aromatic heterocycles. The van der Waals surface area contributed by atoms with Gasteiger partial charge in [0.05, 0.1) is 13.2 Å². The van der Waals surface area contributed by atoms with E-state index in [2.05, 4.69) is 17.6 Å². The van der Waals surface area contributed by atoms with Gasteiger partial charge in [0.25, 0.3) is 0 Å². The standard InChI is InChI=1S/C14H26N2O/c1-2-15-13-9-17-8-12(13)7-16-14(10-3-4-10)11-5-6-11/h10-16H,2-9H2,1H3. The van der Waals surface area contributed by atoms with Crippen molar-refractivity contribution in [1.82, 2.24) is 10.6 Å². The molecule has 2 unspecified atom stereocenters. The smallest absolute Gasteiger partial charge is 0.0623 e. The molecule has 1 heterocycles. The number of hydrogen-bond acceptors (Lipinski definition) is 3. The van der Waals surface area contributed by atoms with Crippen LogP contribution < -0.4 is 10.6 Å². The summed E-state index contributed by atoms with van der Waals surface area (Å²) in [7, 11) is 0. The molecule has 0 aromatic carbocycles. The Morgan fingerprint density at radius 1 is 1.12 bits per heavy atom. The summed E-state index contributed by atoms with van der Waals surface area (Å²) < 4.78 is 5.60. The van der Waals surface area contributed by atoms with E-state index in [4.69, 9.17) is 4.74 Å². The van der Waals surface area contributed by atoms with Gasteiger partial charge >= 0.3 is 0 Å². The van der Waals surface area contributed by atoms with E-state index in [1.54, 1.807) is 0 Å². The Morgan fingerprint density at radius 2 is 1.82 bits per heavy atom. The van der Waals surface area contributed by atoms with Crippen molar-refractivity contribution < 1.29 is 4.74 Å². The van der Waals surface area contributed by atoms with Crippen LogP contribution in [0.15, 0.2) is 0 Å². The molecule has 0 amide bonds. The lowest BCUT2D eigenvalue weighted by Crippen LogP contribution is -2.44. The molecule has 0 bridgehead atoms. The monoisotopic (exact) mass is 238 g/mol. The van der Waals surface area contributed by atoms with Gasteiger partial charge in [-0.25, -0.2) is 0 Å². The van der Waals surface area contributed by atoms with E-state index in [9.17, 15) is 0 Å². The lowest BCUT2D eigenvalue weighted by atomic mass is 10.0. The highest BCUT2D eigenvalue weighted by Gasteiger charge is 2.41. The first-order valence-corrected chi connectivity index (χ1v) is 7.43. The van der Waals surface area contributed by atoms with E-state index in [-0.39, 0.29) is 0 Å². The van der Waals surface area contributed by atoms with E-state index in [0.717, 1.165) is 44.2 Å². The van der Waals surface area contributed by atoms with Gasteiger partial charge in [-0.1, -0.05) is 6.92 Å². The van der Waals surface area contributed by atoms with Gasteiger partial charge < -0.3 is 15.4 Å². The summed E-state index contributed by atoms with van der Waals surface area (Å²) in [4.78, 5) is 0. The largest absolute Gasteiger partial charge is 0.379 e. The van der Waals surface area contributed by atoms with Crippen LogP contribution >= 0.6 is 0 Å². The van der Waals surface area contributed by atoms with Crippen molar-refractivity contribution in [1.29, 1.82) is 0 Å². The minimum absolute atomic E-state index is 0.576. The average Bonchev–Trinajstić information content (AvgIpc) is 3.21. The quantitative estimate of drug-likeness (QED) is 0.703. The fraction of sp³-hybridized carbons (Fsp3) is 1.00. The molecular weight excluding hydrogens is 212 g/mol. The zero-order valence-electron chi connectivity index (χ0n) is 11.0. The average molecular weight is 238 g/mol. The molecule has 1 saturated heterocycles. The van der Waals surface area contributed by atoms with E-state index in [1.807, 2.05) is 0 Å². The summed E-state index contributed by atoms with van der Waals surface area (Å²) in [6.07, 6.45) is 5.86. The highest BCUT2D eigenvalue weighted by molar-refractivity contribution is 4.97. The molecule has 3 fully saturated rings. The predicted octanol–water partition coefficient (Wildman–Crippen LogP) is 1.39. The first-order chi connectivity index (χ1) is 8.38. The van der Waals surface area contributed by atoms with Gasteiger partial charge in [0.15, 0.2) is 0 Å². The van der Waals surface area contributed by atoms with Gasteiger partial charge in [-0.3, -0.25) is 0 Å². The van der Waals surface area contributed by atoms with Crippen molar-refractivity contribution >= 4 is 0 Å². The van der Waals surface area contributed by atoms with E-state index >= 15 is 0 Å². The Morgan fingerprint density at radius 3 is 2.41 bits per heavy atom. The summed E-state index contributed by atoms with van der Waals surface area (Å²) in [6.45, 7) is 6.22. The molecule has 17 heavy (non-hydrogen) atoms. The van der Waals surface area contributed by atoms with Crippen molar-refractivity contribution in [3.05, 3.63) is 0 Å². The maximum atomic E-state index is 5.60. The molecule has 0 spiro atoms. The van der Waals surface area contributed by atoms with Gasteiger partial charge in [0, 0.05) is 24.5 Å². The first-order valence-electron chi connectivity index (χ1n) is 7.43. The highest BCUT2D eigenvalue weighted by atomic mass is 16.5. The number of ether oxygens (including phenoxy) is 1. The number of likely N-dealkylation sites (N-methyl/N-ethyl adjacent to an activating group) is 1. The van der Waals surface area contributed by atoms with Crippen LogP contribution in [-0.4, -0.2) is 38.4 Å². The van der Waals surface area contributed by atoms with Crippen molar-refractivity contribution in [3.8, 4) is 0 Å². The lowest BCUT2D eigenvalue weighted by molar-refractivity contribution is 0.181. The first kappa shape index (κ1) is 11.9. The van der Waals surface area contributed by atoms with Gasteiger partial charge in [0.2, 0.25) is 0 Å². The van der Waals surface area contributed by atoms with Crippen LogP contribution in [0.2, 0.25) is 0 Å². The molecular formula is C14H26N2O. The second kappa shape index (κ2) is 5.25. The Kier molecular flexibility index (Phi) is 3.69. The van der Waals surface area contributed by atoms with Crippen molar-refractivity contribution in [3.63, 3.8) is 0 Å². The second-order valence-corrected chi connectivity index (χ2v) is 6.07. The van der Waals surface area contributed by atoms with E-state index in [1.165, 1.54) is 25.7 Å². The van der Waals surface area contributed by atoms with Crippen LogP contribution in [0.4, 0.5) is 0 Å². The number of rotatable bonds is 7. The Labute approximate surface area is 105 Å². The zero-order valence-corrected chi connectivity index (χ0v) is 11.0. The molecule has 3 nitrogen and oxygen atoms in total. The maximum Gasteiger partial charge on any atom is 0.0623 e. The summed E-state index contributed by atoms with van der Waals surface area (Å²) in [5.74, 6) is 2.68. The SMILES string of the molecule is CCNC1COCC1CNC(C1CC1)C1CC1. The van der Waals surface area contributed by atoms with Crippen LogP contribution in [0.5, 0.6) is 0 Å². The minimum Gasteiger partial charge on any atom is -0.379 e. The van der Waals surface area contributed by atoms with E-state index in [0.29, 0.717) is 12.0 Å². The second-order valence-electron chi connectivity index (χ2n) is 6.07. The summed E-state index contributed by atoms with van der Waals surface area (Å²) in [5.41, 5.74) is 0. The normalized spacial score (nSPS) is 33.5. The van der Waals surface area contributed by atoms with Gasteiger partial charge in [0.1, 0.15) is 0 Å². The Hall–Kier alpha value is -0.120. The summed E-state index contributed by atoms with van der Waals surface area (Å²) in [6, 6.07) is 1.41. The highest BCUT2D eigenvalue weighted by Crippen LogP contribution is 2.44. The molecule has 2 N–H and O–H groups in total. The molecule has 2 atom stereocenters. The Bertz CT molecular complexity index is 239. The molecule has 98 valence electrons. The van der Waals surface area contributed by atoms with Crippen LogP contribution in [0.3, 0.4) is 0 Å². The fourth-order valence-corrected chi connectivity index (χ4v) is 3.20. The third-order valence-electron chi connectivity index (χ3n) is 4.54. The minimum atomic E-state index is 0.576. The van der Waals surface area contributed by atoms with Gasteiger partial charge in [-0.05, 0) is 44.1 Å². The molecule has 0 radical (unpaired) electrons. The molecule has 2 saturated carbocycles. The summed E-state index contributed by atoms with van der Waals surface area (Å²) >= 11 is 0. The van der Waals surface area contributed by atoms with Crippen molar-refractivity contribution in [2.24, 2.45) is 17.8 Å². The third-order valence-corrected chi connectivity index (χ3v) is 4.54. The van der Waals surface area contributed by atoms with Crippen LogP contribution in [0.25, 0.3) is 0 Å². The Balaban J connectivity index is 1.45. The lowest BCUT2D eigenvalue weighted by Gasteiger charge is -2.23. The van der Waals surface area contributed by atoms with Gasteiger partial charge in [-0.2, -0.15) is 0 Å². The molecule has 1 aliphatic heterocycles. The van der Waals surface area contributed by atoms with Crippen LogP contribution in [0.1, 0.15) is 32.6 Å². The molecule has 3 rings (SSSR count). The van der Waals surface area contributed by atoms with Crippen molar-refractivity contribution in [2.45, 2.75) is 44.7 Å². The summed E-state index contributed by atoms with van der Waals surface area (Å²) in [5, 5.41) is 7.40. The van der Waals surface area contributed by atoms with Gasteiger partial charge in [-0.15, -0.1) is 0 Å². The third kappa shape index (κ3) is 3.01. The molecule has 2 aliphatic carbocycles. The topological polar surface area (TPSA) is 33.3 Å². The van der Waals surface area contributed by atoms with Crippen molar-refractivity contribution in [2.75, 3.05) is 26.3 Å². The fourth-order valence-electron chi connectivity index (χ4n) is 3.20. The molecule has 3 aliphatic rings.